The Morgan fingerprint density at radius 1 is 1.25 bits per heavy atom. The van der Waals surface area contributed by atoms with Crippen molar-refractivity contribution in [2.45, 2.75) is 39.3 Å². The van der Waals surface area contributed by atoms with Crippen LogP contribution in [0, 0.1) is 5.41 Å². The molecule has 0 aromatic heterocycles. The molecule has 1 aliphatic rings. The van der Waals surface area contributed by atoms with Crippen LogP contribution in [0.3, 0.4) is 0 Å². The predicted octanol–water partition coefficient (Wildman–Crippen LogP) is 2.26. The number of amides is 2. The summed E-state index contributed by atoms with van der Waals surface area (Å²) in [5.74, 6) is -0.521. The first kappa shape index (κ1) is 14.9. The second kappa shape index (κ2) is 5.83. The van der Waals surface area contributed by atoms with Crippen LogP contribution in [0.15, 0.2) is 24.3 Å². The van der Waals surface area contributed by atoms with Crippen LogP contribution in [0.1, 0.15) is 32.3 Å². The molecule has 1 aliphatic carbocycles. The largest absolute Gasteiger partial charge is 0.352 e. The fraction of sp³-hybridized carbons (Fsp3) is 0.467. The van der Waals surface area contributed by atoms with Crippen molar-refractivity contribution >= 4 is 23.4 Å². The van der Waals surface area contributed by atoms with E-state index in [1.54, 1.807) is 19.9 Å². The summed E-state index contributed by atoms with van der Waals surface area (Å²) in [6.45, 7) is 3.58. The zero-order chi connectivity index (χ0) is 14.8. The summed E-state index contributed by atoms with van der Waals surface area (Å²) in [6.07, 6.45) is 2.01. The zero-order valence-corrected chi connectivity index (χ0v) is 12.5. The summed E-state index contributed by atoms with van der Waals surface area (Å²) < 4.78 is 0. The Kier molecular flexibility index (Phi) is 4.33. The summed E-state index contributed by atoms with van der Waals surface area (Å²) >= 11 is 6.03. The molecule has 1 aromatic carbocycles. The Morgan fingerprint density at radius 2 is 1.90 bits per heavy atom. The minimum absolute atomic E-state index is 0.225. The average molecular weight is 295 g/mol. The third-order valence-corrected chi connectivity index (χ3v) is 3.81. The summed E-state index contributed by atoms with van der Waals surface area (Å²) in [6, 6.07) is 7.56. The first-order valence-corrected chi connectivity index (χ1v) is 7.11. The van der Waals surface area contributed by atoms with E-state index in [9.17, 15) is 9.59 Å². The molecule has 0 atom stereocenters. The molecule has 1 fully saturated rings. The van der Waals surface area contributed by atoms with Crippen molar-refractivity contribution in [3.8, 4) is 0 Å². The topological polar surface area (TPSA) is 58.2 Å². The Bertz CT molecular complexity index is 524. The van der Waals surface area contributed by atoms with Crippen molar-refractivity contribution in [3.63, 3.8) is 0 Å². The van der Waals surface area contributed by atoms with E-state index in [0.717, 1.165) is 18.4 Å². The van der Waals surface area contributed by atoms with Crippen LogP contribution in [0.5, 0.6) is 0 Å². The lowest BCUT2D eigenvalue weighted by molar-refractivity contribution is -0.141. The van der Waals surface area contributed by atoms with E-state index >= 15 is 0 Å². The van der Waals surface area contributed by atoms with Gasteiger partial charge in [0.15, 0.2) is 0 Å². The van der Waals surface area contributed by atoms with Crippen molar-refractivity contribution in [2.75, 3.05) is 0 Å². The molecule has 0 aliphatic heterocycles. The minimum atomic E-state index is -1.08. The van der Waals surface area contributed by atoms with E-state index < -0.39 is 5.41 Å². The number of benzene rings is 1. The molecule has 0 unspecified atom stereocenters. The SMILES string of the molecule is CC(C)(C(=O)NCc1ccccc1Cl)C(=O)NC1CC1. The Balaban J connectivity index is 1.93. The zero-order valence-electron chi connectivity index (χ0n) is 11.7. The van der Waals surface area contributed by atoms with Crippen LogP contribution in [0.4, 0.5) is 0 Å². The van der Waals surface area contributed by atoms with Gasteiger partial charge in [0, 0.05) is 17.6 Å². The molecule has 1 aromatic rings. The van der Waals surface area contributed by atoms with Gasteiger partial charge in [-0.3, -0.25) is 9.59 Å². The van der Waals surface area contributed by atoms with E-state index in [0.29, 0.717) is 11.6 Å². The van der Waals surface area contributed by atoms with E-state index in [-0.39, 0.29) is 17.9 Å². The molecule has 1 saturated carbocycles. The van der Waals surface area contributed by atoms with Crippen molar-refractivity contribution in [3.05, 3.63) is 34.9 Å². The first-order chi connectivity index (χ1) is 9.41. The van der Waals surface area contributed by atoms with E-state index in [1.165, 1.54) is 0 Å². The van der Waals surface area contributed by atoms with Gasteiger partial charge in [-0.15, -0.1) is 0 Å². The number of nitrogens with one attached hydrogen (secondary N) is 2. The minimum Gasteiger partial charge on any atom is -0.352 e. The number of carbonyl (C=O) groups excluding carboxylic acids is 2. The van der Waals surface area contributed by atoms with Crippen molar-refractivity contribution in [1.82, 2.24) is 10.6 Å². The predicted molar refractivity (Wildman–Crippen MR) is 78.2 cm³/mol. The molecular weight excluding hydrogens is 276 g/mol. The third-order valence-electron chi connectivity index (χ3n) is 3.45. The van der Waals surface area contributed by atoms with Gasteiger partial charge >= 0.3 is 0 Å². The molecular formula is C15H19ClN2O2. The van der Waals surface area contributed by atoms with Crippen LogP contribution in [0.25, 0.3) is 0 Å². The summed E-state index contributed by atoms with van der Waals surface area (Å²) in [5.41, 5.74) is -0.245. The highest BCUT2D eigenvalue weighted by atomic mass is 35.5. The summed E-state index contributed by atoms with van der Waals surface area (Å²) in [7, 11) is 0. The van der Waals surface area contributed by atoms with Crippen molar-refractivity contribution < 1.29 is 9.59 Å². The van der Waals surface area contributed by atoms with Crippen LogP contribution < -0.4 is 10.6 Å². The third kappa shape index (κ3) is 3.51. The second-order valence-corrected chi connectivity index (χ2v) is 6.05. The number of hydrogen-bond donors (Lipinski definition) is 2. The molecule has 0 bridgehead atoms. The monoisotopic (exact) mass is 294 g/mol. The van der Waals surface area contributed by atoms with Gasteiger partial charge < -0.3 is 10.6 Å². The summed E-state index contributed by atoms with van der Waals surface area (Å²) in [4.78, 5) is 24.2. The normalized spacial score (nSPS) is 14.8. The molecule has 5 heteroatoms. The van der Waals surface area contributed by atoms with Gasteiger partial charge in [-0.25, -0.2) is 0 Å². The van der Waals surface area contributed by atoms with Gasteiger partial charge in [0.25, 0.3) is 0 Å². The summed E-state index contributed by atoms with van der Waals surface area (Å²) in [5, 5.41) is 6.23. The van der Waals surface area contributed by atoms with E-state index in [1.807, 2.05) is 18.2 Å². The number of hydrogen-bond acceptors (Lipinski definition) is 2. The molecule has 20 heavy (non-hydrogen) atoms. The number of carbonyl (C=O) groups is 2. The smallest absolute Gasteiger partial charge is 0.235 e. The Morgan fingerprint density at radius 3 is 2.50 bits per heavy atom. The first-order valence-electron chi connectivity index (χ1n) is 6.74. The number of halogens is 1. The van der Waals surface area contributed by atoms with Crippen molar-refractivity contribution in [2.24, 2.45) is 5.41 Å². The maximum Gasteiger partial charge on any atom is 0.235 e. The molecule has 4 nitrogen and oxygen atoms in total. The molecule has 0 radical (unpaired) electrons. The molecule has 2 N–H and O–H groups in total. The van der Waals surface area contributed by atoms with Gasteiger partial charge in [-0.2, -0.15) is 0 Å². The highest BCUT2D eigenvalue weighted by molar-refractivity contribution is 6.31. The number of rotatable bonds is 5. The fourth-order valence-electron chi connectivity index (χ4n) is 1.73. The maximum atomic E-state index is 12.2. The van der Waals surface area contributed by atoms with Gasteiger partial charge in [-0.05, 0) is 38.3 Å². The molecule has 0 spiro atoms. The van der Waals surface area contributed by atoms with Crippen molar-refractivity contribution in [1.29, 1.82) is 0 Å². The lowest BCUT2D eigenvalue weighted by atomic mass is 9.91. The van der Waals surface area contributed by atoms with E-state index in [2.05, 4.69) is 10.6 Å². The molecule has 2 amide bonds. The second-order valence-electron chi connectivity index (χ2n) is 5.65. The van der Waals surface area contributed by atoms with Gasteiger partial charge in [0.05, 0.1) is 0 Å². The highest BCUT2D eigenvalue weighted by Gasteiger charge is 2.38. The van der Waals surface area contributed by atoms with Gasteiger partial charge in [-0.1, -0.05) is 29.8 Å². The molecule has 2 rings (SSSR count). The Hall–Kier alpha value is -1.55. The van der Waals surface area contributed by atoms with Crippen LogP contribution in [-0.2, 0) is 16.1 Å². The van der Waals surface area contributed by atoms with Crippen LogP contribution >= 0.6 is 11.6 Å². The molecule has 0 saturated heterocycles. The fourth-order valence-corrected chi connectivity index (χ4v) is 1.94. The molecule has 108 valence electrons. The maximum absolute atomic E-state index is 12.2. The van der Waals surface area contributed by atoms with Gasteiger partial charge in [0.2, 0.25) is 11.8 Å². The lowest BCUT2D eigenvalue weighted by Gasteiger charge is -2.22. The molecule has 0 heterocycles. The average Bonchev–Trinajstić information content (AvgIpc) is 3.21. The van der Waals surface area contributed by atoms with Crippen LogP contribution in [0.2, 0.25) is 5.02 Å². The highest BCUT2D eigenvalue weighted by Crippen LogP contribution is 2.23. The standard InChI is InChI=1S/C15H19ClN2O2/c1-15(2,14(20)18-11-7-8-11)13(19)17-9-10-5-3-4-6-12(10)16/h3-6,11H,7-9H2,1-2H3,(H,17,19)(H,18,20). The Labute approximate surface area is 123 Å². The quantitative estimate of drug-likeness (QED) is 0.819. The lowest BCUT2D eigenvalue weighted by Crippen LogP contribution is -2.48. The van der Waals surface area contributed by atoms with Gasteiger partial charge in [0.1, 0.15) is 5.41 Å². The van der Waals surface area contributed by atoms with Crippen LogP contribution in [-0.4, -0.2) is 17.9 Å². The van der Waals surface area contributed by atoms with E-state index in [4.69, 9.17) is 11.6 Å².